The molecule has 0 atom stereocenters. The summed E-state index contributed by atoms with van der Waals surface area (Å²) in [4.78, 5) is 40.2. The summed E-state index contributed by atoms with van der Waals surface area (Å²) in [5, 5.41) is 5.16. The number of halogens is 1. The van der Waals surface area contributed by atoms with Gasteiger partial charge in [0.15, 0.2) is 0 Å². The van der Waals surface area contributed by atoms with Crippen molar-refractivity contribution in [1.82, 2.24) is 10.2 Å². The molecule has 8 heteroatoms. The molecule has 2 aromatic rings. The van der Waals surface area contributed by atoms with E-state index in [1.807, 2.05) is 24.8 Å². The molecule has 0 radical (unpaired) electrons. The van der Waals surface area contributed by atoms with Gasteiger partial charge < -0.3 is 15.5 Å². The summed E-state index contributed by atoms with van der Waals surface area (Å²) in [6.45, 7) is 4.96. The smallest absolute Gasteiger partial charge is 0.329 e. The fraction of sp³-hybridized carbons (Fsp3) is 0.292. The highest BCUT2D eigenvalue weighted by molar-refractivity contribution is 6.16. The number of benzene rings is 2. The number of amides is 4. The first-order chi connectivity index (χ1) is 15.3. The SMILES string of the molecule is Cc1cccc(NC(=O)CN2C(=O)NC(=Cc3cc(F)c(N4CCCC4)cc3C)C2=O)c1. The number of rotatable bonds is 5. The minimum atomic E-state index is -0.688. The Kier molecular flexibility index (Phi) is 5.94. The number of hydrogen-bond acceptors (Lipinski definition) is 4. The van der Waals surface area contributed by atoms with E-state index in [2.05, 4.69) is 10.6 Å². The van der Waals surface area contributed by atoms with E-state index in [-0.39, 0.29) is 11.5 Å². The summed E-state index contributed by atoms with van der Waals surface area (Å²) in [6.07, 6.45) is 3.53. The van der Waals surface area contributed by atoms with Gasteiger partial charge in [0.1, 0.15) is 18.1 Å². The number of imide groups is 1. The van der Waals surface area contributed by atoms with Crippen molar-refractivity contribution in [2.75, 3.05) is 29.9 Å². The Morgan fingerprint density at radius 2 is 1.91 bits per heavy atom. The van der Waals surface area contributed by atoms with E-state index in [1.165, 1.54) is 12.1 Å². The molecule has 2 saturated heterocycles. The van der Waals surface area contributed by atoms with E-state index >= 15 is 0 Å². The molecule has 2 heterocycles. The van der Waals surface area contributed by atoms with Crippen LogP contribution in [0.1, 0.15) is 29.5 Å². The van der Waals surface area contributed by atoms with Crippen LogP contribution >= 0.6 is 0 Å². The van der Waals surface area contributed by atoms with Crippen LogP contribution in [0.5, 0.6) is 0 Å². The van der Waals surface area contributed by atoms with Crippen LogP contribution < -0.4 is 15.5 Å². The molecule has 0 aliphatic carbocycles. The second kappa shape index (κ2) is 8.82. The van der Waals surface area contributed by atoms with Gasteiger partial charge in [-0.25, -0.2) is 14.1 Å². The molecular weight excluding hydrogens is 411 g/mol. The zero-order valence-corrected chi connectivity index (χ0v) is 18.1. The molecular formula is C24H25FN4O3. The molecule has 4 amide bonds. The van der Waals surface area contributed by atoms with Crippen LogP contribution in [0.25, 0.3) is 6.08 Å². The van der Waals surface area contributed by atoms with Gasteiger partial charge >= 0.3 is 6.03 Å². The van der Waals surface area contributed by atoms with Crippen LogP contribution in [-0.2, 0) is 9.59 Å². The molecule has 0 saturated carbocycles. The fourth-order valence-electron chi connectivity index (χ4n) is 3.98. The first-order valence-electron chi connectivity index (χ1n) is 10.6. The highest BCUT2D eigenvalue weighted by atomic mass is 19.1. The van der Waals surface area contributed by atoms with E-state index < -0.39 is 24.4 Å². The zero-order valence-electron chi connectivity index (χ0n) is 18.1. The average Bonchev–Trinajstić information content (AvgIpc) is 3.35. The van der Waals surface area contributed by atoms with Gasteiger partial charge in [-0.1, -0.05) is 12.1 Å². The molecule has 2 aromatic carbocycles. The van der Waals surface area contributed by atoms with Crippen molar-refractivity contribution in [3.05, 3.63) is 64.6 Å². The maximum atomic E-state index is 14.7. The second-order valence-electron chi connectivity index (χ2n) is 8.15. The average molecular weight is 436 g/mol. The Bertz CT molecular complexity index is 1120. The third kappa shape index (κ3) is 4.49. The van der Waals surface area contributed by atoms with Crippen molar-refractivity contribution in [2.45, 2.75) is 26.7 Å². The van der Waals surface area contributed by atoms with Gasteiger partial charge in [0.2, 0.25) is 5.91 Å². The third-order valence-electron chi connectivity index (χ3n) is 5.65. The Balaban J connectivity index is 1.48. The van der Waals surface area contributed by atoms with Gasteiger partial charge in [0.25, 0.3) is 5.91 Å². The number of aryl methyl sites for hydroxylation is 2. The van der Waals surface area contributed by atoms with Gasteiger partial charge in [0, 0.05) is 18.8 Å². The summed E-state index contributed by atoms with van der Waals surface area (Å²) in [5.41, 5.74) is 3.41. The number of urea groups is 1. The second-order valence-corrected chi connectivity index (χ2v) is 8.15. The number of carbonyl (C=O) groups excluding carboxylic acids is 3. The van der Waals surface area contributed by atoms with Crippen LogP contribution in [-0.4, -0.2) is 42.4 Å². The Morgan fingerprint density at radius 3 is 2.62 bits per heavy atom. The van der Waals surface area contributed by atoms with E-state index in [9.17, 15) is 18.8 Å². The van der Waals surface area contributed by atoms with Crippen molar-refractivity contribution < 1.29 is 18.8 Å². The zero-order chi connectivity index (χ0) is 22.8. The Morgan fingerprint density at radius 1 is 1.16 bits per heavy atom. The van der Waals surface area contributed by atoms with Crippen LogP contribution in [0.15, 0.2) is 42.1 Å². The highest BCUT2D eigenvalue weighted by Crippen LogP contribution is 2.28. The Labute approximate surface area is 185 Å². The van der Waals surface area contributed by atoms with Crippen molar-refractivity contribution in [2.24, 2.45) is 0 Å². The Hall–Kier alpha value is -3.68. The van der Waals surface area contributed by atoms with Gasteiger partial charge in [-0.2, -0.15) is 0 Å². The van der Waals surface area contributed by atoms with Gasteiger partial charge in [-0.3, -0.25) is 9.59 Å². The molecule has 32 heavy (non-hydrogen) atoms. The summed E-state index contributed by atoms with van der Waals surface area (Å²) in [6, 6.07) is 9.67. The van der Waals surface area contributed by atoms with E-state index in [0.717, 1.165) is 42.0 Å². The maximum Gasteiger partial charge on any atom is 0.329 e. The van der Waals surface area contributed by atoms with Gasteiger partial charge in [0.05, 0.1) is 5.69 Å². The molecule has 0 aromatic heterocycles. The minimum Gasteiger partial charge on any atom is -0.369 e. The summed E-state index contributed by atoms with van der Waals surface area (Å²) >= 11 is 0. The molecule has 0 bridgehead atoms. The van der Waals surface area contributed by atoms with E-state index in [4.69, 9.17) is 0 Å². The maximum absolute atomic E-state index is 14.7. The summed E-state index contributed by atoms with van der Waals surface area (Å²) in [5.74, 6) is -1.48. The molecule has 0 spiro atoms. The van der Waals surface area contributed by atoms with Gasteiger partial charge in [-0.05, 0) is 73.7 Å². The lowest BCUT2D eigenvalue weighted by Gasteiger charge is -2.19. The monoisotopic (exact) mass is 436 g/mol. The molecule has 7 nitrogen and oxygen atoms in total. The molecule has 2 aliphatic rings. The van der Waals surface area contributed by atoms with Gasteiger partial charge in [-0.15, -0.1) is 0 Å². The topological polar surface area (TPSA) is 81.8 Å². The van der Waals surface area contributed by atoms with Crippen LogP contribution in [0.3, 0.4) is 0 Å². The number of carbonyl (C=O) groups is 3. The lowest BCUT2D eigenvalue weighted by molar-refractivity contribution is -0.127. The van der Waals surface area contributed by atoms with E-state index in [0.29, 0.717) is 16.9 Å². The predicted octanol–water partition coefficient (Wildman–Crippen LogP) is 3.57. The van der Waals surface area contributed by atoms with Crippen molar-refractivity contribution in [3.8, 4) is 0 Å². The molecule has 2 fully saturated rings. The van der Waals surface area contributed by atoms with Crippen molar-refractivity contribution in [1.29, 1.82) is 0 Å². The number of nitrogens with zero attached hydrogens (tertiary/aromatic N) is 2. The number of anilines is 2. The van der Waals surface area contributed by atoms with Crippen molar-refractivity contribution in [3.63, 3.8) is 0 Å². The lowest BCUT2D eigenvalue weighted by Crippen LogP contribution is -2.38. The first kappa shape index (κ1) is 21.5. The normalized spacial score (nSPS) is 17.3. The molecule has 0 unspecified atom stereocenters. The summed E-state index contributed by atoms with van der Waals surface area (Å²) in [7, 11) is 0. The predicted molar refractivity (Wildman–Crippen MR) is 121 cm³/mol. The molecule has 166 valence electrons. The number of nitrogens with one attached hydrogen (secondary N) is 2. The summed E-state index contributed by atoms with van der Waals surface area (Å²) < 4.78 is 14.7. The first-order valence-corrected chi connectivity index (χ1v) is 10.6. The largest absolute Gasteiger partial charge is 0.369 e. The quantitative estimate of drug-likeness (QED) is 0.555. The van der Waals surface area contributed by atoms with Crippen LogP contribution in [0.2, 0.25) is 0 Å². The minimum absolute atomic E-state index is 0.00905. The fourth-order valence-corrected chi connectivity index (χ4v) is 3.98. The third-order valence-corrected chi connectivity index (χ3v) is 5.65. The standard InChI is InChI=1S/C24H25FN4O3/c1-15-6-5-7-18(10-15)26-22(30)14-29-23(31)20(27-24(29)32)13-17-12-19(25)21(11-16(17)2)28-8-3-4-9-28/h5-7,10-13H,3-4,8-9,14H2,1-2H3,(H,26,30)(H,27,32). The van der Waals surface area contributed by atoms with E-state index in [1.54, 1.807) is 24.3 Å². The molecule has 2 N–H and O–H groups in total. The van der Waals surface area contributed by atoms with Crippen molar-refractivity contribution >= 4 is 35.3 Å². The van der Waals surface area contributed by atoms with Crippen LogP contribution in [0, 0.1) is 19.7 Å². The highest BCUT2D eigenvalue weighted by Gasteiger charge is 2.35. The molecule has 4 rings (SSSR count). The van der Waals surface area contributed by atoms with Crippen LogP contribution in [0.4, 0.5) is 20.6 Å². The lowest BCUT2D eigenvalue weighted by atomic mass is 10.1. The molecule has 2 aliphatic heterocycles. The number of hydrogen-bond donors (Lipinski definition) is 2.